The Labute approximate surface area is 167 Å². The minimum Gasteiger partial charge on any atom is -0.451 e. The zero-order valence-corrected chi connectivity index (χ0v) is 17.7. The van der Waals surface area contributed by atoms with E-state index in [-0.39, 0.29) is 5.41 Å². The normalized spacial score (nSPS) is 13.0. The quantitative estimate of drug-likeness (QED) is 0.377. The van der Waals surface area contributed by atoms with Crippen LogP contribution in [0, 0.1) is 27.7 Å². The second-order valence-corrected chi connectivity index (χ2v) is 8.70. The summed E-state index contributed by atoms with van der Waals surface area (Å²) >= 11 is 0. The number of pyridine rings is 2. The topological polar surface area (TPSA) is 38.3 Å². The molecule has 1 aliphatic heterocycles. The highest BCUT2D eigenvalue weighted by Crippen LogP contribution is 2.53. The van der Waals surface area contributed by atoms with E-state index in [4.69, 9.17) is 4.74 Å². The van der Waals surface area contributed by atoms with E-state index in [9.17, 15) is 0 Å². The van der Waals surface area contributed by atoms with Gasteiger partial charge in [-0.05, 0) is 55.9 Å². The maximum atomic E-state index is 6.30. The molecule has 0 N–H and O–H groups in total. The maximum absolute atomic E-state index is 6.30. The smallest absolute Gasteiger partial charge is 0.172 e. The maximum Gasteiger partial charge on any atom is 0.172 e. The molecule has 0 bridgehead atoms. The van der Waals surface area contributed by atoms with Gasteiger partial charge in [-0.3, -0.25) is 9.97 Å². The van der Waals surface area contributed by atoms with Gasteiger partial charge in [0.2, 0.25) is 0 Å². The van der Waals surface area contributed by atoms with Crippen LogP contribution in [0.25, 0.3) is 0 Å². The molecule has 1 aromatic carbocycles. The van der Waals surface area contributed by atoms with Crippen molar-refractivity contribution in [2.75, 3.05) is 4.90 Å². The van der Waals surface area contributed by atoms with Crippen molar-refractivity contribution in [2.45, 2.75) is 53.9 Å². The first-order valence-corrected chi connectivity index (χ1v) is 9.68. The Morgan fingerprint density at radius 3 is 2.18 bits per heavy atom. The van der Waals surface area contributed by atoms with Crippen LogP contribution >= 0.6 is 0 Å². The Morgan fingerprint density at radius 1 is 0.857 bits per heavy atom. The van der Waals surface area contributed by atoms with Gasteiger partial charge in [-0.1, -0.05) is 32.9 Å². The fourth-order valence-electron chi connectivity index (χ4n) is 3.89. The van der Waals surface area contributed by atoms with Crippen LogP contribution in [-0.2, 0) is 5.41 Å². The molecule has 4 heteroatoms. The molecule has 28 heavy (non-hydrogen) atoms. The van der Waals surface area contributed by atoms with Crippen molar-refractivity contribution in [1.82, 2.24) is 9.97 Å². The number of aryl methyl sites for hydroxylation is 4. The first-order valence-electron chi connectivity index (χ1n) is 9.68. The molecular formula is C24H27N3O. The molecule has 0 amide bonds. The summed E-state index contributed by atoms with van der Waals surface area (Å²) in [5.74, 6) is 1.65. The van der Waals surface area contributed by atoms with E-state index in [1.165, 1.54) is 22.4 Å². The van der Waals surface area contributed by atoms with Crippen LogP contribution in [0.4, 0.5) is 17.1 Å². The molecule has 0 spiro atoms. The molecule has 4 rings (SSSR count). The number of anilines is 3. The van der Waals surface area contributed by atoms with Crippen molar-refractivity contribution in [3.05, 3.63) is 64.7 Å². The van der Waals surface area contributed by atoms with Gasteiger partial charge in [0.15, 0.2) is 11.5 Å². The monoisotopic (exact) mass is 373 g/mol. The highest BCUT2D eigenvalue weighted by molar-refractivity contribution is 5.89. The number of benzene rings is 1. The molecule has 0 aliphatic carbocycles. The van der Waals surface area contributed by atoms with Crippen LogP contribution < -0.4 is 9.64 Å². The van der Waals surface area contributed by atoms with Crippen molar-refractivity contribution < 1.29 is 4.74 Å². The molecule has 3 heterocycles. The molecule has 2 aromatic heterocycles. The molecule has 1 aliphatic rings. The molecule has 0 saturated carbocycles. The standard InChI is InChI=1S/C24H27N3O/c1-14-10-18(24(5,6)7)11-15(2)21(14)27-19-8-9-26-17(4)23(19)28-22-16(3)12-25-13-20(22)27/h8-13H,1-7H3. The number of ether oxygens (including phenoxy) is 1. The Bertz CT molecular complexity index is 1010. The van der Waals surface area contributed by atoms with Crippen molar-refractivity contribution in [2.24, 2.45) is 0 Å². The van der Waals surface area contributed by atoms with Crippen LogP contribution in [0.1, 0.15) is 48.7 Å². The number of hydrogen-bond donors (Lipinski definition) is 0. The minimum atomic E-state index is 0.105. The van der Waals surface area contributed by atoms with E-state index >= 15 is 0 Å². The van der Waals surface area contributed by atoms with Crippen molar-refractivity contribution in [3.8, 4) is 11.5 Å². The van der Waals surface area contributed by atoms with Crippen LogP contribution in [0.2, 0.25) is 0 Å². The SMILES string of the molecule is Cc1cncc2c1Oc1c(ccnc1C)N2c1c(C)cc(C(C)(C)C)cc1C. The van der Waals surface area contributed by atoms with Gasteiger partial charge in [0.05, 0.1) is 23.3 Å². The number of hydrogen-bond acceptors (Lipinski definition) is 4. The Balaban J connectivity index is 2.02. The fourth-order valence-corrected chi connectivity index (χ4v) is 3.89. The van der Waals surface area contributed by atoms with Gasteiger partial charge in [0, 0.05) is 18.0 Å². The summed E-state index contributed by atoms with van der Waals surface area (Å²) in [7, 11) is 0. The lowest BCUT2D eigenvalue weighted by Crippen LogP contribution is -2.20. The summed E-state index contributed by atoms with van der Waals surface area (Å²) in [6.45, 7) is 15.1. The van der Waals surface area contributed by atoms with E-state index in [0.29, 0.717) is 0 Å². The second-order valence-electron chi connectivity index (χ2n) is 8.70. The molecule has 0 atom stereocenters. The molecule has 0 unspecified atom stereocenters. The van der Waals surface area contributed by atoms with Gasteiger partial charge in [-0.15, -0.1) is 0 Å². The van der Waals surface area contributed by atoms with Gasteiger partial charge in [-0.25, -0.2) is 0 Å². The fraction of sp³-hybridized carbons (Fsp3) is 0.333. The lowest BCUT2D eigenvalue weighted by atomic mass is 9.84. The largest absolute Gasteiger partial charge is 0.451 e. The third kappa shape index (κ3) is 2.84. The zero-order chi connectivity index (χ0) is 20.2. The Kier molecular flexibility index (Phi) is 4.18. The second kappa shape index (κ2) is 6.33. The van der Waals surface area contributed by atoms with Crippen molar-refractivity contribution >= 4 is 17.1 Å². The molecule has 0 radical (unpaired) electrons. The zero-order valence-electron chi connectivity index (χ0n) is 17.7. The minimum absolute atomic E-state index is 0.105. The van der Waals surface area contributed by atoms with Crippen molar-refractivity contribution in [1.29, 1.82) is 0 Å². The van der Waals surface area contributed by atoms with E-state index in [1.807, 2.05) is 38.5 Å². The first kappa shape index (κ1) is 18.5. The first-order chi connectivity index (χ1) is 13.2. The lowest BCUT2D eigenvalue weighted by molar-refractivity contribution is 0.465. The average molecular weight is 374 g/mol. The summed E-state index contributed by atoms with van der Waals surface area (Å²) in [5, 5.41) is 0. The van der Waals surface area contributed by atoms with Gasteiger partial charge in [0.1, 0.15) is 5.69 Å². The molecule has 4 nitrogen and oxygen atoms in total. The number of nitrogens with zero attached hydrogens (tertiary/aromatic N) is 3. The predicted molar refractivity (Wildman–Crippen MR) is 114 cm³/mol. The van der Waals surface area contributed by atoms with E-state index in [0.717, 1.165) is 34.1 Å². The van der Waals surface area contributed by atoms with Gasteiger partial charge in [0.25, 0.3) is 0 Å². The van der Waals surface area contributed by atoms with Crippen LogP contribution in [0.15, 0.2) is 36.8 Å². The van der Waals surface area contributed by atoms with Crippen LogP contribution in [0.3, 0.4) is 0 Å². The summed E-state index contributed by atoms with van der Waals surface area (Å²) in [6.07, 6.45) is 5.57. The summed E-state index contributed by atoms with van der Waals surface area (Å²) in [4.78, 5) is 11.2. The molecule has 0 saturated heterocycles. The van der Waals surface area contributed by atoms with Gasteiger partial charge in [-0.2, -0.15) is 0 Å². The lowest BCUT2D eigenvalue weighted by Gasteiger charge is -2.36. The third-order valence-corrected chi connectivity index (χ3v) is 5.38. The molecule has 144 valence electrons. The highest BCUT2D eigenvalue weighted by Gasteiger charge is 2.31. The predicted octanol–water partition coefficient (Wildman–Crippen LogP) is 6.58. The van der Waals surface area contributed by atoms with E-state index in [2.05, 4.69) is 61.6 Å². The number of aromatic nitrogens is 2. The van der Waals surface area contributed by atoms with Gasteiger partial charge >= 0.3 is 0 Å². The highest BCUT2D eigenvalue weighted by atomic mass is 16.5. The average Bonchev–Trinajstić information content (AvgIpc) is 2.61. The summed E-state index contributed by atoms with van der Waals surface area (Å²) < 4.78 is 6.30. The Morgan fingerprint density at radius 2 is 1.54 bits per heavy atom. The molecular weight excluding hydrogens is 346 g/mol. The number of rotatable bonds is 1. The molecule has 0 fully saturated rings. The van der Waals surface area contributed by atoms with Crippen LogP contribution in [0.5, 0.6) is 11.5 Å². The van der Waals surface area contributed by atoms with Gasteiger partial charge < -0.3 is 9.64 Å². The van der Waals surface area contributed by atoms with E-state index < -0.39 is 0 Å². The summed E-state index contributed by atoms with van der Waals surface area (Å²) in [5.41, 5.74) is 8.96. The summed E-state index contributed by atoms with van der Waals surface area (Å²) in [6, 6.07) is 6.62. The number of fused-ring (bicyclic) bond motifs is 2. The molecule has 3 aromatic rings. The van der Waals surface area contributed by atoms with E-state index in [1.54, 1.807) is 0 Å². The van der Waals surface area contributed by atoms with Crippen molar-refractivity contribution in [3.63, 3.8) is 0 Å². The van der Waals surface area contributed by atoms with Crippen LogP contribution in [-0.4, -0.2) is 9.97 Å². The third-order valence-electron chi connectivity index (χ3n) is 5.38. The Hall–Kier alpha value is -2.88.